The highest BCUT2D eigenvalue weighted by Gasteiger charge is 2.63. The first-order valence-corrected chi connectivity index (χ1v) is 13.2. The number of nitro benzene ring substituents is 1. The van der Waals surface area contributed by atoms with E-state index in [2.05, 4.69) is 0 Å². The third-order valence-electron chi connectivity index (χ3n) is 8.50. The minimum absolute atomic E-state index is 0.0250. The van der Waals surface area contributed by atoms with Crippen molar-refractivity contribution in [2.45, 2.75) is 18.4 Å². The van der Waals surface area contributed by atoms with E-state index in [0.29, 0.717) is 0 Å². The normalized spacial score (nSPS) is 21.7. The van der Waals surface area contributed by atoms with Crippen molar-refractivity contribution in [2.75, 3.05) is 0 Å². The molecule has 0 N–H and O–H groups in total. The molecule has 1 aliphatic heterocycles. The van der Waals surface area contributed by atoms with E-state index < -0.39 is 40.3 Å². The Bertz CT molecular complexity index is 1660. The zero-order chi connectivity index (χ0) is 28.4. The molecule has 8 rings (SSSR count). The van der Waals surface area contributed by atoms with Crippen LogP contribution in [0.4, 0.5) is 10.1 Å². The number of amides is 3. The molecule has 41 heavy (non-hydrogen) atoms. The van der Waals surface area contributed by atoms with Crippen molar-refractivity contribution >= 4 is 23.4 Å². The standard InChI is InChI=1S/C32H22FN3O5/c33-25-12-6-1-7-19(25)17-34(30(37)18-13-15-20(16-14-18)36(40)41)35-31(38)28-26-21-8-2-3-9-22(21)27(29(28)32(35)39)24-11-5-4-10-23(24)26/h1-16,26-29H,17H2/t26?,27?,28-,29-/m0/s1. The average molecular weight is 548 g/mol. The topological polar surface area (TPSA) is 101 Å². The van der Waals surface area contributed by atoms with Gasteiger partial charge in [-0.05, 0) is 40.5 Å². The monoisotopic (exact) mass is 547 g/mol. The number of hydrazine groups is 1. The molecule has 0 aromatic heterocycles. The second-order valence-electron chi connectivity index (χ2n) is 10.5. The minimum atomic E-state index is -0.745. The van der Waals surface area contributed by atoms with Crippen LogP contribution in [-0.4, -0.2) is 32.7 Å². The Morgan fingerprint density at radius 1 is 0.756 bits per heavy atom. The lowest BCUT2D eigenvalue weighted by molar-refractivity contribution is -0.384. The van der Waals surface area contributed by atoms with Crippen molar-refractivity contribution in [3.63, 3.8) is 0 Å². The quantitative estimate of drug-likeness (QED) is 0.195. The first kappa shape index (κ1) is 24.8. The van der Waals surface area contributed by atoms with Gasteiger partial charge < -0.3 is 0 Å². The molecule has 0 radical (unpaired) electrons. The van der Waals surface area contributed by atoms with Gasteiger partial charge in [0.25, 0.3) is 23.4 Å². The van der Waals surface area contributed by atoms with Crippen molar-refractivity contribution in [1.29, 1.82) is 0 Å². The molecule has 4 aromatic rings. The van der Waals surface area contributed by atoms with Gasteiger partial charge in [-0.2, -0.15) is 5.01 Å². The van der Waals surface area contributed by atoms with E-state index in [4.69, 9.17) is 0 Å². The molecule has 3 aliphatic carbocycles. The summed E-state index contributed by atoms with van der Waals surface area (Å²) in [6.45, 7) is -0.380. The fraction of sp³-hybridized carbons (Fsp3) is 0.156. The number of carbonyl (C=O) groups is 3. The molecule has 4 aliphatic rings. The highest BCUT2D eigenvalue weighted by Crippen LogP contribution is 2.61. The van der Waals surface area contributed by atoms with Crippen LogP contribution in [0, 0.1) is 27.8 Å². The van der Waals surface area contributed by atoms with Crippen LogP contribution in [0.1, 0.15) is 50.0 Å². The maximum Gasteiger partial charge on any atom is 0.273 e. The molecule has 1 saturated heterocycles. The predicted octanol–water partition coefficient (Wildman–Crippen LogP) is 5.18. The summed E-state index contributed by atoms with van der Waals surface area (Å²) >= 11 is 0. The van der Waals surface area contributed by atoms with Gasteiger partial charge in [-0.3, -0.25) is 24.5 Å². The highest BCUT2D eigenvalue weighted by atomic mass is 19.1. The molecule has 0 saturated carbocycles. The maximum absolute atomic E-state index is 14.8. The fourth-order valence-corrected chi connectivity index (χ4v) is 6.80. The molecule has 202 valence electrons. The summed E-state index contributed by atoms with van der Waals surface area (Å²) in [5.74, 6) is -4.59. The van der Waals surface area contributed by atoms with Crippen molar-refractivity contribution in [1.82, 2.24) is 10.0 Å². The zero-order valence-corrected chi connectivity index (χ0v) is 21.5. The van der Waals surface area contributed by atoms with Crippen molar-refractivity contribution in [3.05, 3.63) is 146 Å². The summed E-state index contributed by atoms with van der Waals surface area (Å²) in [5.41, 5.74) is 3.88. The first-order valence-electron chi connectivity index (χ1n) is 13.2. The number of nitrogens with zero attached hydrogens (tertiary/aromatic N) is 3. The van der Waals surface area contributed by atoms with Gasteiger partial charge in [0.2, 0.25) is 0 Å². The number of imide groups is 1. The third kappa shape index (κ3) is 3.62. The van der Waals surface area contributed by atoms with E-state index in [9.17, 15) is 28.9 Å². The van der Waals surface area contributed by atoms with E-state index >= 15 is 0 Å². The summed E-state index contributed by atoms with van der Waals surface area (Å²) in [7, 11) is 0. The van der Waals surface area contributed by atoms with Crippen LogP contribution >= 0.6 is 0 Å². The lowest BCUT2D eigenvalue weighted by Crippen LogP contribution is -2.50. The summed E-state index contributed by atoms with van der Waals surface area (Å²) in [5, 5.41) is 13.0. The molecule has 9 heteroatoms. The van der Waals surface area contributed by atoms with Gasteiger partial charge in [-0.15, -0.1) is 0 Å². The number of carbonyl (C=O) groups excluding carboxylic acids is 3. The molecule has 0 spiro atoms. The smallest absolute Gasteiger partial charge is 0.272 e. The van der Waals surface area contributed by atoms with Gasteiger partial charge >= 0.3 is 0 Å². The van der Waals surface area contributed by atoms with E-state index in [0.717, 1.165) is 32.3 Å². The Morgan fingerprint density at radius 2 is 1.22 bits per heavy atom. The number of hydrogen-bond donors (Lipinski definition) is 0. The molecule has 1 fully saturated rings. The summed E-state index contributed by atoms with van der Waals surface area (Å²) in [6, 6.07) is 26.3. The Kier molecular flexibility index (Phi) is 5.57. The van der Waals surface area contributed by atoms with Crippen LogP contribution < -0.4 is 0 Å². The van der Waals surface area contributed by atoms with Gasteiger partial charge in [0.15, 0.2) is 0 Å². The van der Waals surface area contributed by atoms with Crippen LogP contribution in [0.2, 0.25) is 0 Å². The molecule has 2 atom stereocenters. The molecule has 0 unspecified atom stereocenters. The number of halogens is 1. The number of non-ortho nitro benzene ring substituents is 1. The van der Waals surface area contributed by atoms with Gasteiger partial charge in [0.1, 0.15) is 5.82 Å². The molecular formula is C32H22FN3O5. The van der Waals surface area contributed by atoms with Gasteiger partial charge in [-0.25, -0.2) is 9.40 Å². The van der Waals surface area contributed by atoms with Gasteiger partial charge in [-0.1, -0.05) is 66.7 Å². The average Bonchev–Trinajstić information content (AvgIpc) is 3.26. The second-order valence-corrected chi connectivity index (χ2v) is 10.5. The minimum Gasteiger partial charge on any atom is -0.272 e. The molecule has 2 bridgehead atoms. The van der Waals surface area contributed by atoms with Crippen LogP contribution in [0.5, 0.6) is 0 Å². The molecule has 4 aromatic carbocycles. The Morgan fingerprint density at radius 3 is 1.68 bits per heavy atom. The molecule has 1 heterocycles. The predicted molar refractivity (Wildman–Crippen MR) is 145 cm³/mol. The van der Waals surface area contributed by atoms with Gasteiger partial charge in [0.05, 0.1) is 23.3 Å². The zero-order valence-electron chi connectivity index (χ0n) is 21.5. The second kappa shape index (κ2) is 9.19. The molecule has 3 amide bonds. The third-order valence-corrected chi connectivity index (χ3v) is 8.50. The summed E-state index contributed by atoms with van der Waals surface area (Å²) in [4.78, 5) is 53.1. The Labute approximate surface area is 233 Å². The maximum atomic E-state index is 14.8. The number of nitro groups is 1. The van der Waals surface area contributed by atoms with Crippen LogP contribution in [-0.2, 0) is 16.1 Å². The largest absolute Gasteiger partial charge is 0.273 e. The van der Waals surface area contributed by atoms with Crippen LogP contribution in [0.3, 0.4) is 0 Å². The SMILES string of the molecule is O=C(c1ccc([N+](=O)[O-])cc1)N(Cc1ccccc1F)N1C(=O)[C@H]2C3c4ccccc4C(c4ccccc43)[C@@H]2C1=O. The van der Waals surface area contributed by atoms with Gasteiger partial charge in [0, 0.05) is 35.1 Å². The van der Waals surface area contributed by atoms with Crippen molar-refractivity contribution < 1.29 is 23.7 Å². The van der Waals surface area contributed by atoms with E-state index in [1.165, 1.54) is 42.5 Å². The first-order chi connectivity index (χ1) is 19.9. The Hall–Kier alpha value is -5.18. The van der Waals surface area contributed by atoms with E-state index in [-0.39, 0.29) is 35.2 Å². The summed E-state index contributed by atoms with van der Waals surface area (Å²) in [6.07, 6.45) is 0. The van der Waals surface area contributed by atoms with Crippen molar-refractivity contribution in [3.8, 4) is 0 Å². The molecular weight excluding hydrogens is 525 g/mol. The Balaban J connectivity index is 1.34. The van der Waals surface area contributed by atoms with Crippen LogP contribution in [0.25, 0.3) is 0 Å². The summed E-state index contributed by atoms with van der Waals surface area (Å²) < 4.78 is 14.8. The molecule has 8 nitrogen and oxygen atoms in total. The number of rotatable bonds is 5. The fourth-order valence-electron chi connectivity index (χ4n) is 6.80. The van der Waals surface area contributed by atoms with E-state index in [1.807, 2.05) is 48.5 Å². The number of hydrogen-bond acceptors (Lipinski definition) is 5. The lowest BCUT2D eigenvalue weighted by Gasteiger charge is -2.45. The van der Waals surface area contributed by atoms with Crippen molar-refractivity contribution in [2.24, 2.45) is 11.8 Å². The van der Waals surface area contributed by atoms with Crippen LogP contribution in [0.15, 0.2) is 97.1 Å². The lowest BCUT2D eigenvalue weighted by atomic mass is 9.55. The highest BCUT2D eigenvalue weighted by molar-refractivity contribution is 6.09. The van der Waals surface area contributed by atoms with E-state index in [1.54, 1.807) is 6.07 Å². The number of benzene rings is 4.